The van der Waals surface area contributed by atoms with Gasteiger partial charge in [0.2, 0.25) is 0 Å². The Morgan fingerprint density at radius 1 is 1.15 bits per heavy atom. The minimum absolute atomic E-state index is 0.202. The maximum atomic E-state index is 12.0. The maximum Gasteiger partial charge on any atom is 0.349 e. The number of ether oxygens (including phenoxy) is 1. The number of carbonyl (C=O) groups excluding carboxylic acids is 2. The van der Waals surface area contributed by atoms with E-state index in [0.717, 1.165) is 11.1 Å². The second kappa shape index (κ2) is 8.84. The van der Waals surface area contributed by atoms with Gasteiger partial charge in [0.05, 0.1) is 0 Å². The minimum atomic E-state index is -0.862. The number of para-hydroxylation sites is 1. The molecule has 1 amide bonds. The lowest BCUT2D eigenvalue weighted by molar-refractivity contribution is -0.142. The summed E-state index contributed by atoms with van der Waals surface area (Å²) in [6.45, 7) is 3.26. The minimum Gasteiger partial charge on any atom is -0.451 e. The molecule has 0 fully saturated rings. The smallest absolute Gasteiger partial charge is 0.349 e. The van der Waals surface area contributed by atoms with E-state index in [1.54, 1.807) is 30.3 Å². The Bertz CT molecular complexity index is 876. The van der Waals surface area contributed by atoms with Crippen LogP contribution in [0.3, 0.4) is 0 Å². The predicted molar refractivity (Wildman–Crippen MR) is 101 cm³/mol. The lowest BCUT2D eigenvalue weighted by atomic mass is 10.1. The molecule has 0 atom stereocenters. The molecule has 0 radical (unpaired) electrons. The number of hydrogen-bond donors (Lipinski definition) is 1. The SMILES string of the molecule is Cc1cccc(C)c1NC(=O)COC(=O)C(C#N)=Cc1ccc(Cl)cc1. The number of esters is 1. The van der Waals surface area contributed by atoms with E-state index in [1.807, 2.05) is 32.0 Å². The molecule has 0 aliphatic rings. The lowest BCUT2D eigenvalue weighted by Gasteiger charge is -2.11. The van der Waals surface area contributed by atoms with Crippen molar-refractivity contribution < 1.29 is 14.3 Å². The van der Waals surface area contributed by atoms with Gasteiger partial charge in [-0.25, -0.2) is 4.79 Å². The van der Waals surface area contributed by atoms with E-state index >= 15 is 0 Å². The van der Waals surface area contributed by atoms with Crippen LogP contribution in [0.15, 0.2) is 48.0 Å². The summed E-state index contributed by atoms with van der Waals surface area (Å²) in [4.78, 5) is 24.0. The van der Waals surface area contributed by atoms with E-state index in [0.29, 0.717) is 16.3 Å². The standard InChI is InChI=1S/C20H17ClN2O3/c1-13-4-3-5-14(2)19(13)23-18(24)12-26-20(25)16(11-22)10-15-6-8-17(21)9-7-15/h3-10H,12H2,1-2H3,(H,23,24). The van der Waals surface area contributed by atoms with E-state index < -0.39 is 18.5 Å². The fraction of sp³-hybridized carbons (Fsp3) is 0.150. The molecule has 132 valence electrons. The number of halogens is 1. The van der Waals surface area contributed by atoms with Gasteiger partial charge in [0.1, 0.15) is 11.6 Å². The highest BCUT2D eigenvalue weighted by molar-refractivity contribution is 6.30. The van der Waals surface area contributed by atoms with Crippen LogP contribution >= 0.6 is 11.6 Å². The molecular formula is C20H17ClN2O3. The number of anilines is 1. The molecule has 0 aromatic heterocycles. The van der Waals surface area contributed by atoms with Crippen molar-refractivity contribution in [2.24, 2.45) is 0 Å². The first-order valence-corrected chi connectivity index (χ1v) is 8.19. The van der Waals surface area contributed by atoms with Gasteiger partial charge in [0, 0.05) is 10.7 Å². The highest BCUT2D eigenvalue weighted by Gasteiger charge is 2.14. The van der Waals surface area contributed by atoms with Crippen molar-refractivity contribution in [3.63, 3.8) is 0 Å². The first kappa shape index (κ1) is 19.2. The molecule has 0 unspecified atom stereocenters. The fourth-order valence-corrected chi connectivity index (χ4v) is 2.38. The average molecular weight is 369 g/mol. The zero-order valence-electron chi connectivity index (χ0n) is 14.4. The summed E-state index contributed by atoms with van der Waals surface area (Å²) >= 11 is 5.80. The number of aryl methyl sites for hydroxylation is 2. The monoisotopic (exact) mass is 368 g/mol. The van der Waals surface area contributed by atoms with Crippen molar-refractivity contribution in [2.75, 3.05) is 11.9 Å². The number of hydrogen-bond acceptors (Lipinski definition) is 4. The first-order chi connectivity index (χ1) is 12.4. The highest BCUT2D eigenvalue weighted by Crippen LogP contribution is 2.19. The van der Waals surface area contributed by atoms with Gasteiger partial charge in [-0.1, -0.05) is 41.9 Å². The van der Waals surface area contributed by atoms with Gasteiger partial charge in [-0.15, -0.1) is 0 Å². The summed E-state index contributed by atoms with van der Waals surface area (Å²) in [7, 11) is 0. The number of nitriles is 1. The summed E-state index contributed by atoms with van der Waals surface area (Å²) in [6, 6.07) is 14.0. The third-order valence-electron chi connectivity index (χ3n) is 3.60. The molecule has 0 saturated heterocycles. The lowest BCUT2D eigenvalue weighted by Crippen LogP contribution is -2.22. The predicted octanol–water partition coefficient (Wildman–Crippen LogP) is 4.05. The van der Waals surface area contributed by atoms with Gasteiger partial charge < -0.3 is 10.1 Å². The molecule has 0 spiro atoms. The number of amides is 1. The Labute approximate surface area is 156 Å². The third kappa shape index (κ3) is 5.20. The Hall–Kier alpha value is -3.10. The first-order valence-electron chi connectivity index (χ1n) is 7.81. The number of nitrogens with one attached hydrogen (secondary N) is 1. The molecule has 0 aliphatic heterocycles. The summed E-state index contributed by atoms with van der Waals surface area (Å²) in [5.41, 5.74) is 2.93. The average Bonchev–Trinajstić information content (AvgIpc) is 2.62. The molecule has 0 heterocycles. The zero-order valence-corrected chi connectivity index (χ0v) is 15.1. The van der Waals surface area contributed by atoms with Crippen LogP contribution < -0.4 is 5.32 Å². The van der Waals surface area contributed by atoms with Crippen LogP contribution in [0, 0.1) is 25.2 Å². The van der Waals surface area contributed by atoms with Crippen LogP contribution in [0.4, 0.5) is 5.69 Å². The molecule has 2 rings (SSSR count). The molecule has 5 nitrogen and oxygen atoms in total. The number of benzene rings is 2. The van der Waals surface area contributed by atoms with Crippen molar-refractivity contribution in [1.29, 1.82) is 5.26 Å². The Kier molecular flexibility index (Phi) is 6.54. The van der Waals surface area contributed by atoms with E-state index in [1.165, 1.54) is 6.08 Å². The molecule has 2 aromatic rings. The van der Waals surface area contributed by atoms with Crippen LogP contribution in [0.5, 0.6) is 0 Å². The van der Waals surface area contributed by atoms with Gasteiger partial charge >= 0.3 is 5.97 Å². The van der Waals surface area contributed by atoms with Crippen molar-refractivity contribution >= 4 is 35.2 Å². The van der Waals surface area contributed by atoms with Crippen molar-refractivity contribution in [2.45, 2.75) is 13.8 Å². The van der Waals surface area contributed by atoms with E-state index in [4.69, 9.17) is 21.6 Å². The van der Waals surface area contributed by atoms with E-state index in [-0.39, 0.29) is 5.57 Å². The zero-order chi connectivity index (χ0) is 19.1. The van der Waals surface area contributed by atoms with E-state index in [2.05, 4.69) is 5.32 Å². The largest absolute Gasteiger partial charge is 0.451 e. The molecular weight excluding hydrogens is 352 g/mol. The number of rotatable bonds is 5. The molecule has 0 aliphatic carbocycles. The Balaban J connectivity index is 1.99. The molecule has 0 bridgehead atoms. The van der Waals surface area contributed by atoms with Gasteiger partial charge in [0.15, 0.2) is 6.61 Å². The maximum absolute atomic E-state index is 12.0. The third-order valence-corrected chi connectivity index (χ3v) is 3.85. The molecule has 26 heavy (non-hydrogen) atoms. The Morgan fingerprint density at radius 2 is 1.77 bits per heavy atom. The summed E-state index contributed by atoms with van der Waals surface area (Å²) in [6.07, 6.45) is 1.38. The Morgan fingerprint density at radius 3 is 2.35 bits per heavy atom. The van der Waals surface area contributed by atoms with Gasteiger partial charge in [-0.05, 0) is 48.7 Å². The van der Waals surface area contributed by atoms with Gasteiger partial charge in [0.25, 0.3) is 5.91 Å². The topological polar surface area (TPSA) is 79.2 Å². The highest BCUT2D eigenvalue weighted by atomic mass is 35.5. The summed E-state index contributed by atoms with van der Waals surface area (Å²) < 4.78 is 4.94. The van der Waals surface area contributed by atoms with E-state index in [9.17, 15) is 9.59 Å². The number of carbonyl (C=O) groups is 2. The van der Waals surface area contributed by atoms with Crippen LogP contribution in [-0.2, 0) is 14.3 Å². The van der Waals surface area contributed by atoms with Crippen LogP contribution in [0.2, 0.25) is 5.02 Å². The fourth-order valence-electron chi connectivity index (χ4n) is 2.26. The summed E-state index contributed by atoms with van der Waals surface area (Å²) in [5, 5.41) is 12.4. The van der Waals surface area contributed by atoms with Gasteiger partial charge in [-0.3, -0.25) is 4.79 Å². The van der Waals surface area contributed by atoms with Crippen LogP contribution in [0.1, 0.15) is 16.7 Å². The van der Waals surface area contributed by atoms with Crippen molar-refractivity contribution in [3.05, 3.63) is 69.8 Å². The van der Waals surface area contributed by atoms with Gasteiger partial charge in [-0.2, -0.15) is 5.26 Å². The van der Waals surface area contributed by atoms with Crippen molar-refractivity contribution in [1.82, 2.24) is 0 Å². The number of nitrogens with zero attached hydrogens (tertiary/aromatic N) is 1. The van der Waals surface area contributed by atoms with Crippen LogP contribution in [0.25, 0.3) is 6.08 Å². The summed E-state index contributed by atoms with van der Waals surface area (Å²) in [5.74, 6) is -1.33. The molecule has 0 saturated carbocycles. The second-order valence-electron chi connectivity index (χ2n) is 5.61. The normalized spacial score (nSPS) is 10.8. The van der Waals surface area contributed by atoms with Crippen molar-refractivity contribution in [3.8, 4) is 6.07 Å². The quantitative estimate of drug-likeness (QED) is 0.490. The molecule has 1 N–H and O–H groups in total. The van der Waals surface area contributed by atoms with Crippen LogP contribution in [-0.4, -0.2) is 18.5 Å². The molecule has 6 heteroatoms. The second-order valence-corrected chi connectivity index (χ2v) is 6.05. The molecule has 2 aromatic carbocycles.